The van der Waals surface area contributed by atoms with E-state index in [4.69, 9.17) is 16.3 Å². The molecule has 2 aromatic carbocycles. The van der Waals surface area contributed by atoms with Crippen LogP contribution in [-0.4, -0.2) is 6.04 Å². The molecule has 0 bridgehead atoms. The van der Waals surface area contributed by atoms with E-state index in [0.717, 1.165) is 5.56 Å². The Bertz CT molecular complexity index is 634. The minimum absolute atomic E-state index is 0.324. The SMILES string of the molecule is CC(C)NCc1ccc(Cl)cc1Oc1ccc(F)c(Br)c1. The highest BCUT2D eigenvalue weighted by Gasteiger charge is 2.08. The van der Waals surface area contributed by atoms with Gasteiger partial charge in [0.1, 0.15) is 17.3 Å². The second-order valence-electron chi connectivity index (χ2n) is 4.97. The van der Waals surface area contributed by atoms with Gasteiger partial charge in [-0.15, -0.1) is 0 Å². The van der Waals surface area contributed by atoms with Crippen molar-refractivity contribution >= 4 is 27.5 Å². The maximum atomic E-state index is 13.3. The number of benzene rings is 2. The predicted molar refractivity (Wildman–Crippen MR) is 87.6 cm³/mol. The van der Waals surface area contributed by atoms with Crippen LogP contribution in [0.15, 0.2) is 40.9 Å². The van der Waals surface area contributed by atoms with Crippen molar-refractivity contribution in [3.05, 3.63) is 57.3 Å². The Kier molecular flexibility index (Phi) is 5.62. The van der Waals surface area contributed by atoms with E-state index in [1.54, 1.807) is 18.2 Å². The summed E-state index contributed by atoms with van der Waals surface area (Å²) in [5.74, 6) is 0.889. The molecule has 0 heterocycles. The average Bonchev–Trinajstić information content (AvgIpc) is 2.42. The minimum Gasteiger partial charge on any atom is -0.457 e. The zero-order valence-electron chi connectivity index (χ0n) is 11.8. The van der Waals surface area contributed by atoms with Crippen molar-refractivity contribution in [2.24, 2.45) is 0 Å². The summed E-state index contributed by atoms with van der Waals surface area (Å²) in [6, 6.07) is 10.4. The van der Waals surface area contributed by atoms with Gasteiger partial charge < -0.3 is 10.1 Å². The quantitative estimate of drug-likeness (QED) is 0.745. The Hall–Kier alpha value is -1.10. The molecule has 2 nitrogen and oxygen atoms in total. The van der Waals surface area contributed by atoms with E-state index in [9.17, 15) is 4.39 Å². The first-order chi connectivity index (χ1) is 9.95. The van der Waals surface area contributed by atoms with Crippen molar-refractivity contribution in [1.82, 2.24) is 5.32 Å². The van der Waals surface area contributed by atoms with Gasteiger partial charge in [-0.1, -0.05) is 31.5 Å². The molecule has 2 aromatic rings. The standard InChI is InChI=1S/C16H16BrClFNO/c1-10(2)20-9-11-3-4-12(18)7-16(11)21-13-5-6-15(19)14(17)8-13/h3-8,10,20H,9H2,1-2H3. The molecule has 0 amide bonds. The second kappa shape index (κ2) is 7.25. The summed E-state index contributed by atoms with van der Waals surface area (Å²) in [7, 11) is 0. The van der Waals surface area contributed by atoms with Gasteiger partial charge in [0, 0.05) is 23.2 Å². The third-order valence-electron chi connectivity index (χ3n) is 2.85. The van der Waals surface area contributed by atoms with E-state index in [0.29, 0.717) is 33.6 Å². The van der Waals surface area contributed by atoms with Crippen LogP contribution in [0.2, 0.25) is 5.02 Å². The molecule has 21 heavy (non-hydrogen) atoms. The number of nitrogens with one attached hydrogen (secondary N) is 1. The lowest BCUT2D eigenvalue weighted by Gasteiger charge is -2.14. The third kappa shape index (κ3) is 4.70. The maximum Gasteiger partial charge on any atom is 0.137 e. The van der Waals surface area contributed by atoms with E-state index >= 15 is 0 Å². The van der Waals surface area contributed by atoms with Crippen LogP contribution in [0.1, 0.15) is 19.4 Å². The van der Waals surface area contributed by atoms with Crippen LogP contribution in [0.5, 0.6) is 11.5 Å². The van der Waals surface area contributed by atoms with Crippen LogP contribution in [0.25, 0.3) is 0 Å². The average molecular weight is 373 g/mol. The molecule has 0 aliphatic heterocycles. The Morgan fingerprint density at radius 2 is 2.00 bits per heavy atom. The molecule has 0 aromatic heterocycles. The van der Waals surface area contributed by atoms with Crippen LogP contribution < -0.4 is 10.1 Å². The zero-order chi connectivity index (χ0) is 15.4. The summed E-state index contributed by atoms with van der Waals surface area (Å²) >= 11 is 9.18. The first kappa shape index (κ1) is 16.3. The number of ether oxygens (including phenoxy) is 1. The smallest absolute Gasteiger partial charge is 0.137 e. The van der Waals surface area contributed by atoms with Gasteiger partial charge in [-0.05, 0) is 46.3 Å². The molecule has 1 N–H and O–H groups in total. The van der Waals surface area contributed by atoms with E-state index in [1.165, 1.54) is 6.07 Å². The molecule has 112 valence electrons. The normalized spacial score (nSPS) is 11.0. The van der Waals surface area contributed by atoms with Gasteiger partial charge in [0.2, 0.25) is 0 Å². The topological polar surface area (TPSA) is 21.3 Å². The molecule has 0 saturated carbocycles. The fourth-order valence-corrected chi connectivity index (χ4v) is 2.27. The van der Waals surface area contributed by atoms with E-state index in [-0.39, 0.29) is 5.82 Å². The van der Waals surface area contributed by atoms with E-state index in [2.05, 4.69) is 35.1 Å². The Morgan fingerprint density at radius 3 is 2.67 bits per heavy atom. The molecule has 0 aliphatic rings. The summed E-state index contributed by atoms with van der Waals surface area (Å²) in [6.07, 6.45) is 0. The van der Waals surface area contributed by atoms with Gasteiger partial charge in [0.25, 0.3) is 0 Å². The second-order valence-corrected chi connectivity index (χ2v) is 6.26. The molecule has 0 unspecified atom stereocenters. The molecule has 0 atom stereocenters. The molecule has 0 spiro atoms. The summed E-state index contributed by atoms with van der Waals surface area (Å²) in [4.78, 5) is 0. The highest BCUT2D eigenvalue weighted by Crippen LogP contribution is 2.30. The minimum atomic E-state index is -0.324. The first-order valence-corrected chi connectivity index (χ1v) is 7.77. The van der Waals surface area contributed by atoms with Crippen LogP contribution >= 0.6 is 27.5 Å². The summed E-state index contributed by atoms with van der Waals surface area (Å²) in [5.41, 5.74) is 0.994. The fraction of sp³-hybridized carbons (Fsp3) is 0.250. The van der Waals surface area contributed by atoms with Gasteiger partial charge in [-0.25, -0.2) is 4.39 Å². The Labute approximate surface area is 137 Å². The van der Waals surface area contributed by atoms with Gasteiger partial charge >= 0.3 is 0 Å². The van der Waals surface area contributed by atoms with Crippen molar-refractivity contribution in [2.75, 3.05) is 0 Å². The third-order valence-corrected chi connectivity index (χ3v) is 3.69. The van der Waals surface area contributed by atoms with E-state index < -0.39 is 0 Å². The van der Waals surface area contributed by atoms with Crippen LogP contribution in [-0.2, 0) is 6.54 Å². The molecular formula is C16H16BrClFNO. The molecule has 5 heteroatoms. The molecule has 0 radical (unpaired) electrons. The molecule has 0 fully saturated rings. The van der Waals surface area contributed by atoms with E-state index in [1.807, 2.05) is 12.1 Å². The fourth-order valence-electron chi connectivity index (χ4n) is 1.75. The number of hydrogen-bond donors (Lipinski definition) is 1. The van der Waals surface area contributed by atoms with Crippen molar-refractivity contribution in [2.45, 2.75) is 26.4 Å². The van der Waals surface area contributed by atoms with Crippen molar-refractivity contribution in [3.63, 3.8) is 0 Å². The maximum absolute atomic E-state index is 13.3. The molecule has 0 aliphatic carbocycles. The molecule has 2 rings (SSSR count). The Balaban J connectivity index is 2.24. The van der Waals surface area contributed by atoms with Crippen molar-refractivity contribution in [1.29, 1.82) is 0 Å². The number of rotatable bonds is 5. The van der Waals surface area contributed by atoms with Crippen LogP contribution in [0.4, 0.5) is 4.39 Å². The molecular weight excluding hydrogens is 357 g/mol. The monoisotopic (exact) mass is 371 g/mol. The van der Waals surface area contributed by atoms with Gasteiger partial charge in [0.15, 0.2) is 0 Å². The van der Waals surface area contributed by atoms with Crippen molar-refractivity contribution < 1.29 is 9.13 Å². The number of hydrogen-bond acceptors (Lipinski definition) is 2. The summed E-state index contributed by atoms with van der Waals surface area (Å²) in [5, 5.41) is 3.93. The zero-order valence-corrected chi connectivity index (χ0v) is 14.1. The predicted octanol–water partition coefficient (Wildman–Crippen LogP) is 5.53. The van der Waals surface area contributed by atoms with Crippen LogP contribution in [0, 0.1) is 5.82 Å². The summed E-state index contributed by atoms with van der Waals surface area (Å²) < 4.78 is 19.5. The summed E-state index contributed by atoms with van der Waals surface area (Å²) in [6.45, 7) is 4.83. The van der Waals surface area contributed by atoms with Gasteiger partial charge in [0.05, 0.1) is 4.47 Å². The van der Waals surface area contributed by atoms with Gasteiger partial charge in [-0.3, -0.25) is 0 Å². The van der Waals surface area contributed by atoms with Crippen molar-refractivity contribution in [3.8, 4) is 11.5 Å². The highest BCUT2D eigenvalue weighted by atomic mass is 79.9. The lowest BCUT2D eigenvalue weighted by Crippen LogP contribution is -2.22. The van der Waals surface area contributed by atoms with Crippen LogP contribution in [0.3, 0.4) is 0 Å². The lowest BCUT2D eigenvalue weighted by molar-refractivity contribution is 0.467. The molecule has 0 saturated heterocycles. The highest BCUT2D eigenvalue weighted by molar-refractivity contribution is 9.10. The Morgan fingerprint density at radius 1 is 1.24 bits per heavy atom. The largest absolute Gasteiger partial charge is 0.457 e. The lowest BCUT2D eigenvalue weighted by atomic mass is 10.2. The van der Waals surface area contributed by atoms with Gasteiger partial charge in [-0.2, -0.15) is 0 Å². The first-order valence-electron chi connectivity index (χ1n) is 6.60. The number of halogens is 3.